The van der Waals surface area contributed by atoms with Gasteiger partial charge in [-0.1, -0.05) is 46.3 Å². The molecule has 0 fully saturated rings. The maximum atomic E-state index is 11.7. The van der Waals surface area contributed by atoms with Crippen LogP contribution in [0, 0.1) is 0 Å². The number of ether oxygens (including phenoxy) is 1. The average Bonchev–Trinajstić information content (AvgIpc) is 2.53. The predicted molar refractivity (Wildman–Crippen MR) is 93.7 cm³/mol. The maximum Gasteiger partial charge on any atom is 0.264 e. The summed E-state index contributed by atoms with van der Waals surface area (Å²) in [4.78, 5) is 11.7. The second-order valence-electron chi connectivity index (χ2n) is 4.46. The van der Waals surface area contributed by atoms with E-state index in [0.29, 0.717) is 12.3 Å². The lowest BCUT2D eigenvalue weighted by atomic mass is 10.2. The maximum absolute atomic E-state index is 11.7. The molecule has 0 unspecified atom stereocenters. The summed E-state index contributed by atoms with van der Waals surface area (Å²) in [6, 6.07) is 17.1. The minimum Gasteiger partial charge on any atom is -0.484 e. The number of hydrogen-bond donors (Lipinski definition) is 2. The van der Waals surface area contributed by atoms with E-state index < -0.39 is 0 Å². The number of hydrogen-bond acceptors (Lipinski definition) is 3. The van der Waals surface area contributed by atoms with Crippen molar-refractivity contribution < 1.29 is 9.53 Å². The molecule has 2 rings (SSSR count). The first-order chi connectivity index (χ1) is 10.6. The molecule has 22 heavy (non-hydrogen) atoms. The standard InChI is InChI=1S/C16H15BrN2O2S/c17-13-6-8-14(9-7-13)21-11-15(20)19-16(22)18-10-12-4-2-1-3-5-12/h1-9H,10-11H2,(H2,18,19,20,22). The first-order valence-corrected chi connectivity index (χ1v) is 7.83. The molecule has 0 spiro atoms. The summed E-state index contributed by atoms with van der Waals surface area (Å²) in [6.45, 7) is 0.475. The van der Waals surface area contributed by atoms with E-state index in [1.165, 1.54) is 0 Å². The van der Waals surface area contributed by atoms with E-state index in [0.717, 1.165) is 10.0 Å². The van der Waals surface area contributed by atoms with Crippen LogP contribution in [0.25, 0.3) is 0 Å². The van der Waals surface area contributed by atoms with Crippen LogP contribution in [0.1, 0.15) is 5.56 Å². The van der Waals surface area contributed by atoms with E-state index in [2.05, 4.69) is 26.6 Å². The molecular weight excluding hydrogens is 364 g/mol. The second kappa shape index (κ2) is 8.51. The van der Waals surface area contributed by atoms with Crippen LogP contribution in [0.3, 0.4) is 0 Å². The third-order valence-corrected chi connectivity index (χ3v) is 3.51. The van der Waals surface area contributed by atoms with Crippen LogP contribution in [0.15, 0.2) is 59.1 Å². The van der Waals surface area contributed by atoms with E-state index in [1.807, 2.05) is 42.5 Å². The van der Waals surface area contributed by atoms with Crippen molar-refractivity contribution in [3.63, 3.8) is 0 Å². The normalized spacial score (nSPS) is 9.86. The Morgan fingerprint density at radius 3 is 2.45 bits per heavy atom. The summed E-state index contributed by atoms with van der Waals surface area (Å²) in [7, 11) is 0. The third-order valence-electron chi connectivity index (χ3n) is 2.73. The highest BCUT2D eigenvalue weighted by molar-refractivity contribution is 9.10. The Kier molecular flexibility index (Phi) is 6.36. The van der Waals surface area contributed by atoms with Crippen LogP contribution >= 0.6 is 28.1 Å². The molecular formula is C16H15BrN2O2S. The van der Waals surface area contributed by atoms with Crippen molar-refractivity contribution >= 4 is 39.2 Å². The molecule has 0 heterocycles. The van der Waals surface area contributed by atoms with Gasteiger partial charge in [-0.2, -0.15) is 0 Å². The third kappa shape index (κ3) is 5.83. The van der Waals surface area contributed by atoms with Gasteiger partial charge in [-0.3, -0.25) is 4.79 Å². The number of thiocarbonyl (C=S) groups is 1. The highest BCUT2D eigenvalue weighted by Gasteiger charge is 2.05. The van der Waals surface area contributed by atoms with E-state index in [4.69, 9.17) is 17.0 Å². The van der Waals surface area contributed by atoms with E-state index >= 15 is 0 Å². The number of nitrogens with one attached hydrogen (secondary N) is 2. The van der Waals surface area contributed by atoms with Gasteiger partial charge in [0.2, 0.25) is 0 Å². The molecule has 2 N–H and O–H groups in total. The number of amides is 1. The van der Waals surface area contributed by atoms with Crippen molar-refractivity contribution in [2.75, 3.05) is 6.61 Å². The zero-order valence-corrected chi connectivity index (χ0v) is 14.1. The van der Waals surface area contributed by atoms with Crippen molar-refractivity contribution in [1.82, 2.24) is 10.6 Å². The minimum atomic E-state index is -0.298. The SMILES string of the molecule is O=C(COc1ccc(Br)cc1)NC(=S)NCc1ccccc1. The summed E-state index contributed by atoms with van der Waals surface area (Å²) in [5.41, 5.74) is 1.09. The highest BCUT2D eigenvalue weighted by atomic mass is 79.9. The fourth-order valence-corrected chi connectivity index (χ4v) is 2.12. The van der Waals surface area contributed by atoms with Crippen LogP contribution in [-0.4, -0.2) is 17.6 Å². The fourth-order valence-electron chi connectivity index (χ4n) is 1.66. The van der Waals surface area contributed by atoms with Gasteiger partial charge in [-0.15, -0.1) is 0 Å². The molecule has 0 bridgehead atoms. The van der Waals surface area contributed by atoms with E-state index in [-0.39, 0.29) is 17.6 Å². The number of carbonyl (C=O) groups excluding carboxylic acids is 1. The molecule has 2 aromatic rings. The molecule has 0 saturated heterocycles. The van der Waals surface area contributed by atoms with Crippen LogP contribution in [0.4, 0.5) is 0 Å². The van der Waals surface area contributed by atoms with Crippen molar-refractivity contribution in [2.45, 2.75) is 6.54 Å². The molecule has 0 saturated carbocycles. The first-order valence-electron chi connectivity index (χ1n) is 6.63. The number of halogens is 1. The van der Waals surface area contributed by atoms with Gasteiger partial charge in [0.05, 0.1) is 0 Å². The summed E-state index contributed by atoms with van der Waals surface area (Å²) in [5, 5.41) is 5.84. The zero-order chi connectivity index (χ0) is 15.8. The van der Waals surface area contributed by atoms with E-state index in [9.17, 15) is 4.79 Å². The smallest absolute Gasteiger partial charge is 0.264 e. The molecule has 0 atom stereocenters. The van der Waals surface area contributed by atoms with Crippen molar-refractivity contribution in [3.8, 4) is 5.75 Å². The topological polar surface area (TPSA) is 50.4 Å². The Morgan fingerprint density at radius 2 is 1.77 bits per heavy atom. The highest BCUT2D eigenvalue weighted by Crippen LogP contribution is 2.15. The van der Waals surface area contributed by atoms with Gasteiger partial charge in [0.25, 0.3) is 5.91 Å². The Bertz CT molecular complexity index is 632. The molecule has 0 aliphatic rings. The summed E-state index contributed by atoms with van der Waals surface area (Å²) in [6.07, 6.45) is 0. The molecule has 2 aromatic carbocycles. The lowest BCUT2D eigenvalue weighted by molar-refractivity contribution is -0.121. The monoisotopic (exact) mass is 378 g/mol. The minimum absolute atomic E-state index is 0.0885. The molecule has 0 radical (unpaired) electrons. The Labute approximate surface area is 143 Å². The van der Waals surface area contributed by atoms with Gasteiger partial charge >= 0.3 is 0 Å². The van der Waals surface area contributed by atoms with Gasteiger partial charge in [0.15, 0.2) is 11.7 Å². The van der Waals surface area contributed by atoms with Crippen molar-refractivity contribution in [1.29, 1.82) is 0 Å². The fraction of sp³-hybridized carbons (Fsp3) is 0.125. The molecule has 0 aliphatic carbocycles. The number of rotatable bonds is 5. The quantitative estimate of drug-likeness (QED) is 0.785. The lowest BCUT2D eigenvalue weighted by Gasteiger charge is -2.10. The van der Waals surface area contributed by atoms with Crippen LogP contribution in [0.2, 0.25) is 0 Å². The van der Waals surface area contributed by atoms with Crippen LogP contribution in [-0.2, 0) is 11.3 Å². The molecule has 0 aliphatic heterocycles. The summed E-state index contributed by atoms with van der Waals surface area (Å²) < 4.78 is 6.32. The van der Waals surface area contributed by atoms with Gasteiger partial charge in [0, 0.05) is 11.0 Å². The second-order valence-corrected chi connectivity index (χ2v) is 5.78. The van der Waals surface area contributed by atoms with E-state index in [1.54, 1.807) is 12.1 Å². The molecule has 114 valence electrons. The first kappa shape index (κ1) is 16.5. The van der Waals surface area contributed by atoms with Crippen molar-refractivity contribution in [3.05, 3.63) is 64.6 Å². The summed E-state index contributed by atoms with van der Waals surface area (Å²) >= 11 is 8.41. The Balaban J connectivity index is 1.70. The Morgan fingerprint density at radius 1 is 1.09 bits per heavy atom. The molecule has 4 nitrogen and oxygen atoms in total. The number of carbonyl (C=O) groups is 1. The molecule has 6 heteroatoms. The molecule has 1 amide bonds. The van der Waals surface area contributed by atoms with Gasteiger partial charge in [-0.05, 0) is 42.0 Å². The Hall–Kier alpha value is -1.92. The average molecular weight is 379 g/mol. The number of benzene rings is 2. The zero-order valence-electron chi connectivity index (χ0n) is 11.7. The predicted octanol–water partition coefficient (Wildman–Crippen LogP) is 3.02. The van der Waals surface area contributed by atoms with Crippen LogP contribution in [0.5, 0.6) is 5.75 Å². The molecule has 0 aromatic heterocycles. The van der Waals surface area contributed by atoms with Crippen LogP contribution < -0.4 is 15.4 Å². The lowest BCUT2D eigenvalue weighted by Crippen LogP contribution is -2.41. The largest absolute Gasteiger partial charge is 0.484 e. The van der Waals surface area contributed by atoms with Crippen molar-refractivity contribution in [2.24, 2.45) is 0 Å². The van der Waals surface area contributed by atoms with Gasteiger partial charge in [0.1, 0.15) is 5.75 Å². The van der Waals surface area contributed by atoms with Gasteiger partial charge < -0.3 is 15.4 Å². The van der Waals surface area contributed by atoms with Gasteiger partial charge in [-0.25, -0.2) is 0 Å². The summed E-state index contributed by atoms with van der Waals surface area (Å²) in [5.74, 6) is 0.329.